The first-order chi connectivity index (χ1) is 13.6. The second-order valence-corrected chi connectivity index (χ2v) is 8.80. The Kier molecular flexibility index (Phi) is 7.12. The molecule has 0 saturated heterocycles. The summed E-state index contributed by atoms with van der Waals surface area (Å²) < 4.78 is 5.21. The monoisotopic (exact) mass is 414 g/mol. The number of carbonyl (C=O) groups is 2. The summed E-state index contributed by atoms with van der Waals surface area (Å²) in [6.45, 7) is 1.86. The number of rotatable bonds is 7. The zero-order valence-electron chi connectivity index (χ0n) is 15.7. The average molecular weight is 415 g/mol. The van der Waals surface area contributed by atoms with Crippen LogP contribution in [0.4, 0.5) is 5.69 Å². The molecule has 0 fully saturated rings. The molecule has 0 saturated carbocycles. The van der Waals surface area contributed by atoms with Crippen molar-refractivity contribution < 1.29 is 14.3 Å². The lowest BCUT2D eigenvalue weighted by atomic mass is 9.87. The number of amides is 1. The summed E-state index contributed by atoms with van der Waals surface area (Å²) >= 11 is 2.83. The van der Waals surface area contributed by atoms with Gasteiger partial charge < -0.3 is 10.1 Å². The van der Waals surface area contributed by atoms with Crippen LogP contribution in [0.2, 0.25) is 0 Å². The molecular formula is C21H22N2O3S2. The molecule has 0 bridgehead atoms. The summed E-state index contributed by atoms with van der Waals surface area (Å²) in [5.74, 6) is 0.139. The Morgan fingerprint density at radius 3 is 3.00 bits per heavy atom. The van der Waals surface area contributed by atoms with Gasteiger partial charge in [-0.1, -0.05) is 25.5 Å². The fourth-order valence-electron chi connectivity index (χ4n) is 3.24. The van der Waals surface area contributed by atoms with Crippen LogP contribution < -0.4 is 5.32 Å². The van der Waals surface area contributed by atoms with Crippen LogP contribution in [0.15, 0.2) is 35.2 Å². The summed E-state index contributed by atoms with van der Waals surface area (Å²) in [6, 6.07) is 11.2. The van der Waals surface area contributed by atoms with Gasteiger partial charge in [-0.05, 0) is 48.9 Å². The molecule has 1 amide bonds. The predicted octanol–water partition coefficient (Wildman–Crippen LogP) is 4.67. The molecule has 1 aliphatic rings. The second-order valence-electron chi connectivity index (χ2n) is 6.64. The van der Waals surface area contributed by atoms with Crippen LogP contribution in [-0.4, -0.2) is 24.2 Å². The van der Waals surface area contributed by atoms with E-state index >= 15 is 0 Å². The SMILES string of the molecule is CCC1CCc2sc(C(=O)OCC(=O)Nc3ccccc3SCC#N)cc2C1. The molecule has 2 aromatic rings. The third kappa shape index (κ3) is 5.15. The zero-order chi connectivity index (χ0) is 19.9. The Bertz CT molecular complexity index is 901. The van der Waals surface area contributed by atoms with Crippen molar-refractivity contribution in [2.24, 2.45) is 5.92 Å². The maximum Gasteiger partial charge on any atom is 0.348 e. The van der Waals surface area contributed by atoms with Gasteiger partial charge in [-0.25, -0.2) is 4.79 Å². The van der Waals surface area contributed by atoms with Crippen molar-refractivity contribution in [3.63, 3.8) is 0 Å². The van der Waals surface area contributed by atoms with Gasteiger partial charge in [0.2, 0.25) is 0 Å². The molecular weight excluding hydrogens is 392 g/mol. The first-order valence-electron chi connectivity index (χ1n) is 9.28. The average Bonchev–Trinajstić information content (AvgIpc) is 3.14. The Hall–Kier alpha value is -2.30. The van der Waals surface area contributed by atoms with Crippen LogP contribution >= 0.6 is 23.1 Å². The van der Waals surface area contributed by atoms with E-state index in [4.69, 9.17) is 10.00 Å². The largest absolute Gasteiger partial charge is 0.451 e. The van der Waals surface area contributed by atoms with Crippen molar-refractivity contribution in [3.05, 3.63) is 45.6 Å². The molecule has 5 nitrogen and oxygen atoms in total. The molecule has 1 N–H and O–H groups in total. The first kappa shape index (κ1) is 20.4. The number of hydrogen-bond donors (Lipinski definition) is 1. The van der Waals surface area contributed by atoms with E-state index in [0.29, 0.717) is 22.2 Å². The molecule has 1 aromatic carbocycles. The molecule has 1 unspecified atom stereocenters. The molecule has 1 aromatic heterocycles. The molecule has 1 heterocycles. The van der Waals surface area contributed by atoms with Crippen LogP contribution in [0.3, 0.4) is 0 Å². The number of hydrogen-bond acceptors (Lipinski definition) is 6. The van der Waals surface area contributed by atoms with E-state index in [1.165, 1.54) is 40.0 Å². The highest BCUT2D eigenvalue weighted by Crippen LogP contribution is 2.33. The number of thiophene rings is 1. The third-order valence-electron chi connectivity index (χ3n) is 4.75. The number of para-hydroxylation sites is 1. The van der Waals surface area contributed by atoms with E-state index in [-0.39, 0.29) is 6.61 Å². The molecule has 1 aliphatic carbocycles. The number of nitrogens with one attached hydrogen (secondary N) is 1. The highest BCUT2D eigenvalue weighted by Gasteiger charge is 2.23. The van der Waals surface area contributed by atoms with Crippen molar-refractivity contribution in [1.29, 1.82) is 5.26 Å². The van der Waals surface area contributed by atoms with Gasteiger partial charge in [0.1, 0.15) is 4.88 Å². The topological polar surface area (TPSA) is 79.2 Å². The van der Waals surface area contributed by atoms with E-state index < -0.39 is 11.9 Å². The van der Waals surface area contributed by atoms with Crippen LogP contribution in [0.5, 0.6) is 0 Å². The predicted molar refractivity (Wildman–Crippen MR) is 112 cm³/mol. The number of esters is 1. The molecule has 146 valence electrons. The number of carbonyl (C=O) groups excluding carboxylic acids is 2. The summed E-state index contributed by atoms with van der Waals surface area (Å²) in [6.07, 6.45) is 4.37. The number of thioether (sulfide) groups is 1. The smallest absolute Gasteiger partial charge is 0.348 e. The van der Waals surface area contributed by atoms with Crippen LogP contribution in [-0.2, 0) is 22.4 Å². The van der Waals surface area contributed by atoms with E-state index in [2.05, 4.69) is 18.3 Å². The molecule has 3 rings (SSSR count). The van der Waals surface area contributed by atoms with Gasteiger partial charge in [-0.2, -0.15) is 5.26 Å². The molecule has 0 radical (unpaired) electrons. The fraction of sp³-hybridized carbons (Fsp3) is 0.381. The molecule has 1 atom stereocenters. The number of anilines is 1. The quantitative estimate of drug-likeness (QED) is 0.526. The van der Waals surface area contributed by atoms with E-state index in [9.17, 15) is 9.59 Å². The molecule has 0 spiro atoms. The number of ether oxygens (including phenoxy) is 1. The Labute approximate surface area is 173 Å². The summed E-state index contributed by atoms with van der Waals surface area (Å²) in [4.78, 5) is 27.2. The first-order valence-corrected chi connectivity index (χ1v) is 11.1. The minimum absolute atomic E-state index is 0.295. The van der Waals surface area contributed by atoms with Crippen molar-refractivity contribution in [2.45, 2.75) is 37.5 Å². The Morgan fingerprint density at radius 2 is 2.21 bits per heavy atom. The maximum absolute atomic E-state index is 12.3. The zero-order valence-corrected chi connectivity index (χ0v) is 17.3. The molecule has 28 heavy (non-hydrogen) atoms. The Balaban J connectivity index is 1.55. The summed E-state index contributed by atoms with van der Waals surface area (Å²) in [5, 5.41) is 11.5. The highest BCUT2D eigenvalue weighted by molar-refractivity contribution is 7.99. The lowest BCUT2D eigenvalue weighted by Crippen LogP contribution is -2.21. The van der Waals surface area contributed by atoms with Crippen LogP contribution in [0.1, 0.15) is 39.9 Å². The summed E-state index contributed by atoms with van der Waals surface area (Å²) in [7, 11) is 0. The fourth-order valence-corrected chi connectivity index (χ4v) is 5.01. The Morgan fingerprint density at radius 1 is 1.39 bits per heavy atom. The molecule has 7 heteroatoms. The third-order valence-corrected chi connectivity index (χ3v) is 6.91. The van der Waals surface area contributed by atoms with Gasteiger partial charge in [0.05, 0.1) is 17.5 Å². The lowest BCUT2D eigenvalue weighted by molar-refractivity contribution is -0.119. The number of benzene rings is 1. The van der Waals surface area contributed by atoms with Crippen molar-refractivity contribution in [3.8, 4) is 6.07 Å². The van der Waals surface area contributed by atoms with Gasteiger partial charge in [-0.15, -0.1) is 23.1 Å². The van der Waals surface area contributed by atoms with Crippen LogP contribution in [0, 0.1) is 17.2 Å². The lowest BCUT2D eigenvalue weighted by Gasteiger charge is -2.19. The maximum atomic E-state index is 12.3. The normalized spacial score (nSPS) is 15.4. The van der Waals surface area contributed by atoms with E-state index in [1.807, 2.05) is 18.2 Å². The minimum atomic E-state index is -0.449. The van der Waals surface area contributed by atoms with Crippen molar-refractivity contribution >= 4 is 40.7 Å². The van der Waals surface area contributed by atoms with Crippen molar-refractivity contribution in [2.75, 3.05) is 17.7 Å². The number of nitrogens with zero attached hydrogens (tertiary/aromatic N) is 1. The van der Waals surface area contributed by atoms with Gasteiger partial charge in [-0.3, -0.25) is 4.79 Å². The second kappa shape index (κ2) is 9.76. The molecule has 0 aliphatic heterocycles. The van der Waals surface area contributed by atoms with E-state index in [0.717, 1.165) is 24.2 Å². The standard InChI is InChI=1S/C21H22N2O3S2/c1-2-14-7-8-17-15(11-14)12-19(28-17)21(25)26-13-20(24)23-16-5-3-4-6-18(16)27-10-9-22/h3-6,12,14H,2,7-8,10-11,13H2,1H3,(H,23,24). The van der Waals surface area contributed by atoms with Crippen molar-refractivity contribution in [1.82, 2.24) is 0 Å². The van der Waals surface area contributed by atoms with Crippen LogP contribution in [0.25, 0.3) is 0 Å². The van der Waals surface area contributed by atoms with Gasteiger partial charge in [0.25, 0.3) is 5.91 Å². The number of fused-ring (bicyclic) bond motifs is 1. The van der Waals surface area contributed by atoms with Gasteiger partial charge >= 0.3 is 5.97 Å². The van der Waals surface area contributed by atoms with Gasteiger partial charge in [0, 0.05) is 9.77 Å². The van der Waals surface area contributed by atoms with Gasteiger partial charge in [0.15, 0.2) is 6.61 Å². The van der Waals surface area contributed by atoms with E-state index in [1.54, 1.807) is 12.1 Å². The number of aryl methyl sites for hydroxylation is 1. The summed E-state index contributed by atoms with van der Waals surface area (Å²) in [5.41, 5.74) is 1.86. The number of nitriles is 1. The minimum Gasteiger partial charge on any atom is -0.451 e. The highest BCUT2D eigenvalue weighted by atomic mass is 32.2.